The number of piperidine rings is 2. The fourth-order valence-electron chi connectivity index (χ4n) is 3.41. The van der Waals surface area contributed by atoms with Crippen molar-refractivity contribution in [2.45, 2.75) is 50.6 Å². The molecular weight excluding hydrogens is 134 g/mol. The highest BCUT2D eigenvalue weighted by atomic mass is 15.0. The molecule has 2 aliphatic carbocycles. The summed E-state index contributed by atoms with van der Waals surface area (Å²) in [5, 5.41) is 4.83. The van der Waals surface area contributed by atoms with Gasteiger partial charge >= 0.3 is 0 Å². The molecule has 1 nitrogen and oxygen atoms in total. The van der Waals surface area contributed by atoms with Gasteiger partial charge < -0.3 is 0 Å². The zero-order valence-electron chi connectivity index (χ0n) is 7.00. The first-order chi connectivity index (χ1) is 5.40. The van der Waals surface area contributed by atoms with E-state index in [2.05, 4.69) is 0 Å². The van der Waals surface area contributed by atoms with Gasteiger partial charge in [-0.3, -0.25) is 0 Å². The molecule has 0 unspecified atom stereocenters. The smallest absolute Gasteiger partial charge is 0.0254 e. The van der Waals surface area contributed by atoms with Gasteiger partial charge in [-0.2, -0.15) is 0 Å². The highest BCUT2D eigenvalue weighted by Gasteiger charge is 2.39. The Balaban J connectivity index is 1.90. The Morgan fingerprint density at radius 2 is 1.18 bits per heavy atom. The van der Waals surface area contributed by atoms with E-state index in [1.165, 1.54) is 38.5 Å². The molecule has 2 saturated carbocycles. The summed E-state index contributed by atoms with van der Waals surface area (Å²) in [7, 11) is 0. The van der Waals surface area contributed by atoms with E-state index >= 15 is 0 Å². The van der Waals surface area contributed by atoms with E-state index in [4.69, 9.17) is 5.32 Å². The fraction of sp³-hybridized carbons (Fsp3) is 1.00. The predicted octanol–water partition coefficient (Wildman–Crippen LogP) is 1.94. The quantitative estimate of drug-likeness (QED) is 0.501. The summed E-state index contributed by atoms with van der Waals surface area (Å²) in [6, 6.07) is 1.58. The first-order valence-electron chi connectivity index (χ1n) is 5.10. The van der Waals surface area contributed by atoms with Crippen LogP contribution in [0.2, 0.25) is 0 Å². The minimum Gasteiger partial charge on any atom is -0.235 e. The van der Waals surface area contributed by atoms with Crippen LogP contribution in [0.15, 0.2) is 0 Å². The van der Waals surface area contributed by atoms with Crippen molar-refractivity contribution in [2.75, 3.05) is 0 Å². The molecule has 0 aromatic carbocycles. The lowest BCUT2D eigenvalue weighted by Gasteiger charge is -2.38. The van der Waals surface area contributed by atoms with Crippen LogP contribution in [0.25, 0.3) is 0 Å². The standard InChI is InChI=1S/C10H16N/c1-2-8-5-9-3-7(1)4-10(6-8)11-9/h7-10H,1-6H2. The molecule has 0 aromatic rings. The van der Waals surface area contributed by atoms with E-state index in [1.807, 2.05) is 0 Å². The Morgan fingerprint density at radius 1 is 0.727 bits per heavy atom. The van der Waals surface area contributed by atoms with Gasteiger partial charge in [0.05, 0.1) is 0 Å². The van der Waals surface area contributed by atoms with Crippen molar-refractivity contribution in [1.29, 1.82) is 0 Å². The molecule has 2 aliphatic heterocycles. The summed E-state index contributed by atoms with van der Waals surface area (Å²) in [5.74, 6) is 2.13. The van der Waals surface area contributed by atoms with Gasteiger partial charge in [0.1, 0.15) is 0 Å². The van der Waals surface area contributed by atoms with E-state index in [-0.39, 0.29) is 0 Å². The van der Waals surface area contributed by atoms with Crippen LogP contribution in [0, 0.1) is 11.8 Å². The molecule has 0 spiro atoms. The third kappa shape index (κ3) is 1.01. The van der Waals surface area contributed by atoms with E-state index < -0.39 is 0 Å². The van der Waals surface area contributed by atoms with E-state index in [0.29, 0.717) is 0 Å². The zero-order chi connectivity index (χ0) is 7.26. The fourth-order valence-corrected chi connectivity index (χ4v) is 3.41. The van der Waals surface area contributed by atoms with Gasteiger partial charge in [-0.15, -0.1) is 0 Å². The lowest BCUT2D eigenvalue weighted by Crippen LogP contribution is -2.44. The molecule has 4 fully saturated rings. The molecule has 0 atom stereocenters. The Hall–Kier alpha value is -0.0400. The molecule has 0 amide bonds. The topological polar surface area (TPSA) is 14.1 Å². The van der Waals surface area contributed by atoms with Gasteiger partial charge in [-0.1, -0.05) is 12.8 Å². The monoisotopic (exact) mass is 150 g/mol. The van der Waals surface area contributed by atoms with Crippen LogP contribution < -0.4 is 5.32 Å². The number of hydrogen-bond acceptors (Lipinski definition) is 0. The van der Waals surface area contributed by atoms with Gasteiger partial charge in [0, 0.05) is 12.1 Å². The number of nitrogens with zero attached hydrogens (tertiary/aromatic N) is 1. The molecule has 2 saturated heterocycles. The first kappa shape index (κ1) is 6.47. The second-order valence-corrected chi connectivity index (χ2v) is 4.71. The molecule has 0 N–H and O–H groups in total. The third-order valence-corrected chi connectivity index (χ3v) is 3.83. The van der Waals surface area contributed by atoms with Crippen molar-refractivity contribution in [1.82, 2.24) is 5.32 Å². The normalized spacial score (nSPS) is 54.5. The van der Waals surface area contributed by atoms with Crippen LogP contribution in [0.4, 0.5) is 0 Å². The highest BCUT2D eigenvalue weighted by Crippen LogP contribution is 2.42. The van der Waals surface area contributed by atoms with Gasteiger partial charge in [0.2, 0.25) is 0 Å². The Bertz CT molecular complexity index is 132. The van der Waals surface area contributed by atoms with Crippen molar-refractivity contribution < 1.29 is 0 Å². The molecule has 1 heteroatoms. The lowest BCUT2D eigenvalue weighted by atomic mass is 9.80. The van der Waals surface area contributed by atoms with Crippen molar-refractivity contribution in [2.24, 2.45) is 11.8 Å². The van der Waals surface area contributed by atoms with Crippen molar-refractivity contribution >= 4 is 0 Å². The van der Waals surface area contributed by atoms with Gasteiger partial charge in [-0.05, 0) is 37.5 Å². The predicted molar refractivity (Wildman–Crippen MR) is 44.4 cm³/mol. The van der Waals surface area contributed by atoms with Crippen LogP contribution in [0.1, 0.15) is 38.5 Å². The average Bonchev–Trinajstić information content (AvgIpc) is 2.18. The molecule has 2 heterocycles. The molecule has 4 rings (SSSR count). The second-order valence-electron chi connectivity index (χ2n) is 4.71. The summed E-state index contributed by atoms with van der Waals surface area (Å²) < 4.78 is 0. The number of fused-ring (bicyclic) bond motifs is 1. The van der Waals surface area contributed by atoms with Gasteiger partial charge in [-0.25, -0.2) is 5.32 Å². The summed E-state index contributed by atoms with van der Waals surface area (Å²) in [6.07, 6.45) is 8.79. The van der Waals surface area contributed by atoms with Crippen LogP contribution in [0.5, 0.6) is 0 Å². The molecule has 1 radical (unpaired) electrons. The highest BCUT2D eigenvalue weighted by molar-refractivity contribution is 4.95. The SMILES string of the molecule is C1CC2CC3CC1CC(C2)[N]3. The number of hydrogen-bond donors (Lipinski definition) is 0. The zero-order valence-corrected chi connectivity index (χ0v) is 7.00. The summed E-state index contributed by atoms with van der Waals surface area (Å²) in [6.45, 7) is 0. The Morgan fingerprint density at radius 3 is 1.64 bits per heavy atom. The summed E-state index contributed by atoms with van der Waals surface area (Å²) >= 11 is 0. The minimum atomic E-state index is 0.792. The van der Waals surface area contributed by atoms with E-state index in [9.17, 15) is 0 Å². The van der Waals surface area contributed by atoms with Crippen LogP contribution in [-0.4, -0.2) is 12.1 Å². The molecular formula is C10H16N. The van der Waals surface area contributed by atoms with Crippen molar-refractivity contribution in [3.8, 4) is 0 Å². The van der Waals surface area contributed by atoms with E-state index in [1.54, 1.807) is 0 Å². The summed E-state index contributed by atoms with van der Waals surface area (Å²) in [4.78, 5) is 0. The minimum absolute atomic E-state index is 0.792. The average molecular weight is 150 g/mol. The molecule has 61 valence electrons. The van der Waals surface area contributed by atoms with Crippen LogP contribution in [-0.2, 0) is 0 Å². The van der Waals surface area contributed by atoms with Crippen molar-refractivity contribution in [3.63, 3.8) is 0 Å². The molecule has 4 bridgehead atoms. The molecule has 0 aromatic heterocycles. The van der Waals surface area contributed by atoms with Crippen molar-refractivity contribution in [3.05, 3.63) is 0 Å². The van der Waals surface area contributed by atoms with Gasteiger partial charge in [0.15, 0.2) is 0 Å². The van der Waals surface area contributed by atoms with Crippen LogP contribution in [0.3, 0.4) is 0 Å². The largest absolute Gasteiger partial charge is 0.235 e. The molecule has 11 heavy (non-hydrogen) atoms. The van der Waals surface area contributed by atoms with E-state index in [0.717, 1.165) is 23.9 Å². The third-order valence-electron chi connectivity index (χ3n) is 3.83. The second kappa shape index (κ2) is 2.22. The maximum absolute atomic E-state index is 4.83. The first-order valence-corrected chi connectivity index (χ1v) is 5.10. The van der Waals surface area contributed by atoms with Gasteiger partial charge in [0.25, 0.3) is 0 Å². The number of rotatable bonds is 0. The maximum Gasteiger partial charge on any atom is 0.0254 e. The maximum atomic E-state index is 4.83. The summed E-state index contributed by atoms with van der Waals surface area (Å²) in [5.41, 5.74) is 0. The Labute approximate surface area is 68.6 Å². The van der Waals surface area contributed by atoms with Crippen LogP contribution >= 0.6 is 0 Å². The Kier molecular flexibility index (Phi) is 1.31. The molecule has 4 aliphatic rings. The lowest BCUT2D eigenvalue weighted by molar-refractivity contribution is 0.178.